The average Bonchev–Trinajstić information content (AvgIpc) is 2.02. The summed E-state index contributed by atoms with van der Waals surface area (Å²) in [6, 6.07) is 2.19. The monoisotopic (exact) mass is 175 g/mol. The molecule has 0 fully saturated rings. The fourth-order valence-electron chi connectivity index (χ4n) is 2.36. The van der Waals surface area contributed by atoms with Crippen LogP contribution in [0.4, 0.5) is 0 Å². The summed E-state index contributed by atoms with van der Waals surface area (Å²) in [4.78, 5) is 0. The molecule has 0 saturated carbocycles. The minimum absolute atomic E-state index is 0.200. The minimum Gasteiger partial charge on any atom is -0.193 e. The second-order valence-electron chi connectivity index (χ2n) is 4.55. The molecule has 0 heterocycles. The van der Waals surface area contributed by atoms with Crippen molar-refractivity contribution < 1.29 is 0 Å². The molecule has 1 atom stereocenters. The van der Waals surface area contributed by atoms with E-state index in [-0.39, 0.29) is 11.3 Å². The summed E-state index contributed by atoms with van der Waals surface area (Å²) in [5.74, 6) is 0.256. The molecule has 1 rings (SSSR count). The first-order valence-corrected chi connectivity index (χ1v) is 4.74. The molecule has 0 aliphatic heterocycles. The second kappa shape index (κ2) is 3.38. The highest BCUT2D eigenvalue weighted by molar-refractivity contribution is 5.32. The van der Waals surface area contributed by atoms with E-state index in [1.807, 2.05) is 0 Å². The molecule has 0 aromatic rings. The van der Waals surface area contributed by atoms with Crippen molar-refractivity contribution in [1.82, 2.24) is 0 Å². The van der Waals surface area contributed by atoms with Gasteiger partial charge >= 0.3 is 0 Å². The predicted molar refractivity (Wildman–Crippen MR) is 55.0 cm³/mol. The van der Waals surface area contributed by atoms with E-state index < -0.39 is 0 Å². The third kappa shape index (κ3) is 1.83. The standard InChI is InChI=1S/C12H17N/c1-9-6-5-7-12(3,4)11(9)10(2)8-13/h6,11H,2,5,7H2,1,3-4H3. The summed E-state index contributed by atoms with van der Waals surface area (Å²) >= 11 is 0. The van der Waals surface area contributed by atoms with Crippen molar-refractivity contribution in [2.45, 2.75) is 33.6 Å². The van der Waals surface area contributed by atoms with E-state index >= 15 is 0 Å². The molecule has 1 heteroatoms. The Balaban J connectivity index is 3.02. The van der Waals surface area contributed by atoms with Crippen LogP contribution < -0.4 is 0 Å². The highest BCUT2D eigenvalue weighted by Gasteiger charge is 2.34. The first-order valence-electron chi connectivity index (χ1n) is 4.74. The van der Waals surface area contributed by atoms with Crippen molar-refractivity contribution in [2.75, 3.05) is 0 Å². The highest BCUT2D eigenvalue weighted by atomic mass is 14.4. The van der Waals surface area contributed by atoms with Gasteiger partial charge in [-0.25, -0.2) is 0 Å². The van der Waals surface area contributed by atoms with Crippen LogP contribution in [-0.4, -0.2) is 0 Å². The summed E-state index contributed by atoms with van der Waals surface area (Å²) in [6.07, 6.45) is 4.52. The third-order valence-corrected chi connectivity index (χ3v) is 2.98. The Bertz CT molecular complexity index is 289. The number of allylic oxidation sites excluding steroid dienone is 3. The van der Waals surface area contributed by atoms with Crippen LogP contribution in [0.1, 0.15) is 33.6 Å². The molecule has 1 nitrogen and oxygen atoms in total. The number of hydrogen-bond donors (Lipinski definition) is 0. The largest absolute Gasteiger partial charge is 0.193 e. The molecule has 0 aromatic heterocycles. The maximum absolute atomic E-state index is 8.86. The Labute approximate surface area is 80.8 Å². The zero-order chi connectivity index (χ0) is 10.1. The summed E-state index contributed by atoms with van der Waals surface area (Å²) in [6.45, 7) is 10.4. The lowest BCUT2D eigenvalue weighted by Crippen LogP contribution is -2.28. The van der Waals surface area contributed by atoms with Crippen LogP contribution in [0.2, 0.25) is 0 Å². The Hall–Kier alpha value is -1.03. The summed E-state index contributed by atoms with van der Waals surface area (Å²) in [5, 5.41) is 8.86. The molecule has 1 unspecified atom stereocenters. The Morgan fingerprint density at radius 3 is 2.77 bits per heavy atom. The lowest BCUT2D eigenvalue weighted by Gasteiger charge is -2.37. The molecule has 0 N–H and O–H groups in total. The van der Waals surface area contributed by atoms with Crippen molar-refractivity contribution >= 4 is 0 Å². The van der Waals surface area contributed by atoms with E-state index in [4.69, 9.17) is 5.26 Å². The van der Waals surface area contributed by atoms with Gasteiger partial charge in [0.15, 0.2) is 0 Å². The van der Waals surface area contributed by atoms with Crippen LogP contribution in [0.3, 0.4) is 0 Å². The van der Waals surface area contributed by atoms with Crippen molar-refractivity contribution in [3.63, 3.8) is 0 Å². The Kier molecular flexibility index (Phi) is 2.61. The van der Waals surface area contributed by atoms with Crippen molar-refractivity contribution in [1.29, 1.82) is 5.26 Å². The van der Waals surface area contributed by atoms with Crippen LogP contribution in [0, 0.1) is 22.7 Å². The maximum atomic E-state index is 8.86. The van der Waals surface area contributed by atoms with Gasteiger partial charge in [0, 0.05) is 11.5 Å². The van der Waals surface area contributed by atoms with Gasteiger partial charge in [-0.2, -0.15) is 5.26 Å². The van der Waals surface area contributed by atoms with Gasteiger partial charge in [0.05, 0.1) is 6.07 Å². The fraction of sp³-hybridized carbons (Fsp3) is 0.583. The Morgan fingerprint density at radius 2 is 2.31 bits per heavy atom. The van der Waals surface area contributed by atoms with E-state index in [1.165, 1.54) is 5.57 Å². The van der Waals surface area contributed by atoms with Gasteiger partial charge in [-0.15, -0.1) is 0 Å². The van der Waals surface area contributed by atoms with Crippen LogP contribution in [0.25, 0.3) is 0 Å². The van der Waals surface area contributed by atoms with Crippen LogP contribution >= 0.6 is 0 Å². The SMILES string of the molecule is C=C(C#N)C1C(C)=CCCC1(C)C. The maximum Gasteiger partial charge on any atom is 0.0947 e. The van der Waals surface area contributed by atoms with E-state index in [0.29, 0.717) is 5.57 Å². The first kappa shape index (κ1) is 10.1. The van der Waals surface area contributed by atoms with Gasteiger partial charge in [0.1, 0.15) is 0 Å². The quantitative estimate of drug-likeness (QED) is 0.442. The minimum atomic E-state index is 0.200. The lowest BCUT2D eigenvalue weighted by atomic mass is 9.66. The van der Waals surface area contributed by atoms with Crippen molar-refractivity contribution in [2.24, 2.45) is 11.3 Å². The van der Waals surface area contributed by atoms with Crippen molar-refractivity contribution in [3.05, 3.63) is 23.8 Å². The number of hydrogen-bond acceptors (Lipinski definition) is 1. The van der Waals surface area contributed by atoms with Crippen LogP contribution in [-0.2, 0) is 0 Å². The topological polar surface area (TPSA) is 23.8 Å². The van der Waals surface area contributed by atoms with Gasteiger partial charge in [0.25, 0.3) is 0 Å². The molecule has 70 valence electrons. The number of rotatable bonds is 1. The van der Waals surface area contributed by atoms with E-state index in [2.05, 4.69) is 39.5 Å². The number of nitrogens with zero attached hydrogens (tertiary/aromatic N) is 1. The lowest BCUT2D eigenvalue weighted by molar-refractivity contribution is 0.249. The molecule has 0 radical (unpaired) electrons. The average molecular weight is 175 g/mol. The van der Waals surface area contributed by atoms with Gasteiger partial charge < -0.3 is 0 Å². The molecular weight excluding hydrogens is 158 g/mol. The number of nitriles is 1. The summed E-state index contributed by atoms with van der Waals surface area (Å²) in [7, 11) is 0. The molecule has 1 aliphatic rings. The molecular formula is C12H17N. The van der Waals surface area contributed by atoms with Crippen LogP contribution in [0.15, 0.2) is 23.8 Å². The van der Waals surface area contributed by atoms with E-state index in [1.54, 1.807) is 0 Å². The second-order valence-corrected chi connectivity index (χ2v) is 4.55. The third-order valence-electron chi connectivity index (χ3n) is 2.98. The van der Waals surface area contributed by atoms with E-state index in [9.17, 15) is 0 Å². The summed E-state index contributed by atoms with van der Waals surface area (Å²) < 4.78 is 0. The molecule has 0 amide bonds. The molecule has 0 aromatic carbocycles. The van der Waals surface area contributed by atoms with Crippen molar-refractivity contribution in [3.8, 4) is 6.07 Å². The summed E-state index contributed by atoms with van der Waals surface area (Å²) in [5.41, 5.74) is 2.22. The van der Waals surface area contributed by atoms with Gasteiger partial charge in [-0.05, 0) is 25.2 Å². The molecule has 1 aliphatic carbocycles. The van der Waals surface area contributed by atoms with Gasteiger partial charge in [-0.3, -0.25) is 0 Å². The van der Waals surface area contributed by atoms with E-state index in [0.717, 1.165) is 12.8 Å². The zero-order valence-corrected chi connectivity index (χ0v) is 8.72. The molecule has 0 bridgehead atoms. The Morgan fingerprint density at radius 1 is 1.69 bits per heavy atom. The molecule has 0 spiro atoms. The predicted octanol–water partition coefficient (Wildman–Crippen LogP) is 3.45. The first-order chi connectivity index (χ1) is 5.99. The van der Waals surface area contributed by atoms with Crippen LogP contribution in [0.5, 0.6) is 0 Å². The smallest absolute Gasteiger partial charge is 0.0947 e. The normalized spacial score (nSPS) is 26.0. The fourth-order valence-corrected chi connectivity index (χ4v) is 2.36. The van der Waals surface area contributed by atoms with Gasteiger partial charge in [0.2, 0.25) is 0 Å². The highest BCUT2D eigenvalue weighted by Crippen LogP contribution is 2.43. The van der Waals surface area contributed by atoms with Gasteiger partial charge in [-0.1, -0.05) is 32.1 Å². The zero-order valence-electron chi connectivity index (χ0n) is 8.72. The molecule has 0 saturated heterocycles. The molecule has 13 heavy (non-hydrogen) atoms.